The van der Waals surface area contributed by atoms with E-state index in [9.17, 15) is 14.3 Å². The van der Waals surface area contributed by atoms with Crippen LogP contribution in [0.25, 0.3) is 0 Å². The Kier molecular flexibility index (Phi) is 6.71. The van der Waals surface area contributed by atoms with Gasteiger partial charge in [-0.25, -0.2) is 4.79 Å². The predicted molar refractivity (Wildman–Crippen MR) is 75.7 cm³/mol. The summed E-state index contributed by atoms with van der Waals surface area (Å²) < 4.78 is 21.7. The number of amides is 1. The van der Waals surface area contributed by atoms with Gasteiger partial charge in [0, 0.05) is 6.16 Å². The molecule has 1 rings (SSSR count). The van der Waals surface area contributed by atoms with Gasteiger partial charge in [-0.1, -0.05) is 37.3 Å². The first-order valence-electron chi connectivity index (χ1n) is 6.35. The van der Waals surface area contributed by atoms with Crippen LogP contribution in [0, 0.1) is 0 Å². The normalized spacial score (nSPS) is 15.2. The maximum atomic E-state index is 11.9. The van der Waals surface area contributed by atoms with Crippen molar-refractivity contribution in [3.8, 4) is 0 Å². The molecule has 2 N–H and O–H groups in total. The van der Waals surface area contributed by atoms with Crippen molar-refractivity contribution in [3.63, 3.8) is 0 Å². The van der Waals surface area contributed by atoms with Crippen molar-refractivity contribution in [1.29, 1.82) is 0 Å². The van der Waals surface area contributed by atoms with Crippen molar-refractivity contribution in [2.24, 2.45) is 0 Å². The van der Waals surface area contributed by atoms with Gasteiger partial charge in [-0.05, 0) is 12.0 Å². The minimum atomic E-state index is -3.67. The third-order valence-electron chi connectivity index (χ3n) is 2.59. The maximum absolute atomic E-state index is 11.9. The molecule has 1 unspecified atom stereocenters. The van der Waals surface area contributed by atoms with E-state index in [0.29, 0.717) is 12.0 Å². The highest BCUT2D eigenvalue weighted by Crippen LogP contribution is 2.47. The van der Waals surface area contributed by atoms with Gasteiger partial charge in [0.2, 0.25) is 0 Å². The molecule has 0 saturated heterocycles. The Bertz CT molecular complexity index is 465. The summed E-state index contributed by atoms with van der Waals surface area (Å²) in [5.41, 5.74) is 0.717. The monoisotopic (exact) mass is 301 g/mol. The fourth-order valence-electron chi connectivity index (χ4n) is 1.67. The summed E-state index contributed by atoms with van der Waals surface area (Å²) in [6.07, 6.45) is -0.690. The van der Waals surface area contributed by atoms with E-state index in [1.807, 2.05) is 6.07 Å². The second-order valence-electron chi connectivity index (χ2n) is 4.24. The van der Waals surface area contributed by atoms with Crippen LogP contribution in [-0.4, -0.2) is 30.8 Å². The third-order valence-corrected chi connectivity index (χ3v) is 4.18. The fourth-order valence-corrected chi connectivity index (χ4v) is 2.93. The van der Waals surface area contributed by atoms with Crippen LogP contribution in [0.4, 0.5) is 4.79 Å². The molecular weight excluding hydrogens is 281 g/mol. The average molecular weight is 301 g/mol. The minimum absolute atomic E-state index is 0.0605. The second kappa shape index (κ2) is 8.04. The summed E-state index contributed by atoms with van der Waals surface area (Å²) in [6.45, 7) is 1.86. The second-order valence-corrected chi connectivity index (χ2v) is 6.17. The Hall–Kier alpha value is -1.36. The molecule has 112 valence electrons. The molecule has 0 heterocycles. The van der Waals surface area contributed by atoms with E-state index in [1.165, 1.54) is 7.11 Å². The summed E-state index contributed by atoms with van der Waals surface area (Å²) in [5.74, 6) is 0. The highest BCUT2D eigenvalue weighted by molar-refractivity contribution is 7.52. The van der Waals surface area contributed by atoms with Gasteiger partial charge >= 0.3 is 13.7 Å². The molecular formula is C13H20NO5P. The van der Waals surface area contributed by atoms with Gasteiger partial charge in [0.1, 0.15) is 6.10 Å². The number of methoxy groups -OCH3 is 1. The SMILES string of the molecule is CCCP(=O)(O)O[C@H](CNC(=O)OC)c1ccccc1. The smallest absolute Gasteiger partial charge is 0.406 e. The number of alkyl carbamates (subject to hydrolysis) is 1. The molecule has 1 aromatic rings. The first kappa shape index (κ1) is 16.7. The van der Waals surface area contributed by atoms with E-state index < -0.39 is 19.8 Å². The van der Waals surface area contributed by atoms with Crippen molar-refractivity contribution in [2.45, 2.75) is 19.4 Å². The molecule has 20 heavy (non-hydrogen) atoms. The average Bonchev–Trinajstić information content (AvgIpc) is 2.43. The van der Waals surface area contributed by atoms with E-state index >= 15 is 0 Å². The Labute approximate surface area is 118 Å². The largest absolute Gasteiger partial charge is 0.453 e. The quantitative estimate of drug-likeness (QED) is 0.756. The standard InChI is InChI=1S/C13H20NO5P/c1-3-9-20(16,17)19-12(10-14-13(15)18-2)11-7-5-4-6-8-11/h4-8,12H,3,9-10H2,1-2H3,(H,14,15)(H,16,17)/t12-/m1/s1. The molecule has 0 aliphatic rings. The Morgan fingerprint density at radius 1 is 1.40 bits per heavy atom. The number of benzene rings is 1. The highest BCUT2D eigenvalue weighted by atomic mass is 31.2. The lowest BCUT2D eigenvalue weighted by Gasteiger charge is -2.21. The molecule has 1 amide bonds. The Morgan fingerprint density at radius 3 is 2.60 bits per heavy atom. The zero-order valence-corrected chi connectivity index (χ0v) is 12.5. The zero-order chi connectivity index (χ0) is 15.0. The fraction of sp³-hybridized carbons (Fsp3) is 0.462. The molecule has 0 spiro atoms. The third kappa shape index (κ3) is 5.74. The van der Waals surface area contributed by atoms with Crippen LogP contribution < -0.4 is 5.32 Å². The summed E-state index contributed by atoms with van der Waals surface area (Å²) in [5, 5.41) is 2.48. The Balaban J connectivity index is 2.79. The number of hydrogen-bond acceptors (Lipinski definition) is 4. The summed E-state index contributed by atoms with van der Waals surface area (Å²) in [4.78, 5) is 20.9. The van der Waals surface area contributed by atoms with Crippen LogP contribution in [0.3, 0.4) is 0 Å². The summed E-state index contributed by atoms with van der Waals surface area (Å²) in [6, 6.07) is 8.97. The van der Waals surface area contributed by atoms with Crippen molar-refractivity contribution in [2.75, 3.05) is 19.8 Å². The van der Waals surface area contributed by atoms with E-state index in [1.54, 1.807) is 31.2 Å². The minimum Gasteiger partial charge on any atom is -0.453 e. The number of hydrogen-bond donors (Lipinski definition) is 2. The van der Waals surface area contributed by atoms with Crippen LogP contribution in [0.2, 0.25) is 0 Å². The summed E-state index contributed by atoms with van der Waals surface area (Å²) in [7, 11) is -2.42. The first-order chi connectivity index (χ1) is 9.48. The van der Waals surface area contributed by atoms with Gasteiger partial charge in [0.25, 0.3) is 0 Å². The molecule has 0 radical (unpaired) electrons. The van der Waals surface area contributed by atoms with Gasteiger partial charge in [-0.2, -0.15) is 0 Å². The van der Waals surface area contributed by atoms with E-state index in [2.05, 4.69) is 10.1 Å². The molecule has 7 heteroatoms. The van der Waals surface area contributed by atoms with Gasteiger partial charge in [-0.3, -0.25) is 9.09 Å². The predicted octanol–water partition coefficient (Wildman–Crippen LogP) is 2.70. The van der Waals surface area contributed by atoms with Crippen molar-refractivity contribution >= 4 is 13.7 Å². The molecule has 1 aromatic carbocycles. The van der Waals surface area contributed by atoms with Crippen LogP contribution in [0.15, 0.2) is 30.3 Å². The van der Waals surface area contributed by atoms with E-state index in [-0.39, 0.29) is 12.7 Å². The maximum Gasteiger partial charge on any atom is 0.406 e. The number of rotatable bonds is 7. The number of carbonyl (C=O) groups excluding carboxylic acids is 1. The van der Waals surface area contributed by atoms with Gasteiger partial charge in [-0.15, -0.1) is 0 Å². The van der Waals surface area contributed by atoms with Crippen LogP contribution in [-0.2, 0) is 13.8 Å². The van der Waals surface area contributed by atoms with Crippen LogP contribution in [0.1, 0.15) is 25.0 Å². The first-order valence-corrected chi connectivity index (χ1v) is 8.11. The van der Waals surface area contributed by atoms with Gasteiger partial charge in [0.15, 0.2) is 0 Å². The highest BCUT2D eigenvalue weighted by Gasteiger charge is 2.25. The molecule has 6 nitrogen and oxygen atoms in total. The lowest BCUT2D eigenvalue weighted by molar-refractivity contribution is 0.148. The number of nitrogens with one attached hydrogen (secondary N) is 1. The lowest BCUT2D eigenvalue weighted by Crippen LogP contribution is -2.29. The van der Waals surface area contributed by atoms with Crippen molar-refractivity contribution in [3.05, 3.63) is 35.9 Å². The van der Waals surface area contributed by atoms with E-state index in [0.717, 1.165) is 0 Å². The molecule has 0 aliphatic carbocycles. The van der Waals surface area contributed by atoms with Crippen LogP contribution >= 0.6 is 7.60 Å². The van der Waals surface area contributed by atoms with Crippen molar-refractivity contribution in [1.82, 2.24) is 5.32 Å². The zero-order valence-electron chi connectivity index (χ0n) is 11.6. The number of ether oxygens (including phenoxy) is 1. The number of carbonyl (C=O) groups is 1. The van der Waals surface area contributed by atoms with Crippen LogP contribution in [0.5, 0.6) is 0 Å². The molecule has 0 bridgehead atoms. The van der Waals surface area contributed by atoms with Crippen molar-refractivity contribution < 1.29 is 23.5 Å². The lowest BCUT2D eigenvalue weighted by atomic mass is 10.1. The molecule has 0 saturated carbocycles. The van der Waals surface area contributed by atoms with E-state index in [4.69, 9.17) is 4.52 Å². The molecule has 0 aromatic heterocycles. The molecule has 0 fully saturated rings. The molecule has 0 aliphatic heterocycles. The Morgan fingerprint density at radius 2 is 2.05 bits per heavy atom. The van der Waals surface area contributed by atoms with Gasteiger partial charge < -0.3 is 14.9 Å². The summed E-state index contributed by atoms with van der Waals surface area (Å²) >= 11 is 0. The topological polar surface area (TPSA) is 84.9 Å². The van der Waals surface area contributed by atoms with Gasteiger partial charge in [0.05, 0.1) is 13.7 Å². The molecule has 2 atom stereocenters.